The average Bonchev–Trinajstić information content (AvgIpc) is 3.08. The third-order valence-electron chi connectivity index (χ3n) is 6.64. The lowest BCUT2D eigenvalue weighted by molar-refractivity contribution is -0.261. The molecule has 138 valence electrons. The van der Waals surface area contributed by atoms with Crippen LogP contribution in [0.4, 0.5) is 0 Å². The molecule has 0 unspecified atom stereocenters. The topological polar surface area (TPSA) is 60.4 Å². The summed E-state index contributed by atoms with van der Waals surface area (Å²) in [7, 11) is 3.44. The molecule has 0 amide bonds. The number of rotatable bonds is 4. The highest BCUT2D eigenvalue weighted by molar-refractivity contribution is 5.51. The van der Waals surface area contributed by atoms with E-state index >= 15 is 0 Å². The molecule has 25 heavy (non-hydrogen) atoms. The third-order valence-corrected chi connectivity index (χ3v) is 6.64. The van der Waals surface area contributed by atoms with Crippen molar-refractivity contribution in [3.8, 4) is 17.2 Å². The first-order valence-electron chi connectivity index (χ1n) is 8.93. The van der Waals surface area contributed by atoms with Gasteiger partial charge in [0.1, 0.15) is 5.75 Å². The summed E-state index contributed by atoms with van der Waals surface area (Å²) in [5.41, 5.74) is 0.804. The number of likely N-dealkylation sites (tertiary alicyclic amines) is 1. The molecule has 1 aromatic rings. The van der Waals surface area contributed by atoms with E-state index in [9.17, 15) is 5.11 Å². The van der Waals surface area contributed by atoms with Crippen molar-refractivity contribution in [1.29, 1.82) is 0 Å². The number of methoxy groups -OCH3 is 2. The molecule has 0 bridgehead atoms. The van der Waals surface area contributed by atoms with Gasteiger partial charge in [-0.15, -0.1) is 0 Å². The molecule has 1 saturated carbocycles. The van der Waals surface area contributed by atoms with Crippen molar-refractivity contribution in [1.82, 2.24) is 4.90 Å². The number of fused-ring (bicyclic) bond motifs is 1. The fourth-order valence-electron chi connectivity index (χ4n) is 4.77. The van der Waals surface area contributed by atoms with Crippen LogP contribution in [0.25, 0.3) is 0 Å². The molecule has 6 heteroatoms. The lowest BCUT2D eigenvalue weighted by Crippen LogP contribution is -2.68. The van der Waals surface area contributed by atoms with E-state index < -0.39 is 0 Å². The molecule has 3 aliphatic rings. The number of ether oxygens (including phenoxy) is 4. The zero-order valence-electron chi connectivity index (χ0n) is 15.2. The molecule has 0 radical (unpaired) electrons. The fraction of sp³-hybridized carbons (Fsp3) is 0.684. The van der Waals surface area contributed by atoms with Crippen LogP contribution >= 0.6 is 0 Å². The SMILES string of the molecule is COc1cc2c(cc1CN1CCC3(CC1)[C@H](O)C[C@]3(C)OC)OCO2. The van der Waals surface area contributed by atoms with Gasteiger partial charge in [0, 0.05) is 37.1 Å². The van der Waals surface area contributed by atoms with Gasteiger partial charge in [-0.05, 0) is 38.9 Å². The van der Waals surface area contributed by atoms with E-state index in [4.69, 9.17) is 18.9 Å². The van der Waals surface area contributed by atoms with Gasteiger partial charge in [-0.3, -0.25) is 4.90 Å². The first-order chi connectivity index (χ1) is 12.0. The van der Waals surface area contributed by atoms with Crippen LogP contribution in [0, 0.1) is 5.41 Å². The van der Waals surface area contributed by atoms with Gasteiger partial charge >= 0.3 is 0 Å². The summed E-state index contributed by atoms with van der Waals surface area (Å²) in [5.74, 6) is 2.35. The van der Waals surface area contributed by atoms with E-state index in [1.165, 1.54) is 0 Å². The van der Waals surface area contributed by atoms with Crippen LogP contribution in [0.15, 0.2) is 12.1 Å². The predicted molar refractivity (Wildman–Crippen MR) is 92.1 cm³/mol. The largest absolute Gasteiger partial charge is 0.496 e. The minimum absolute atomic E-state index is 0.1000. The summed E-state index contributed by atoms with van der Waals surface area (Å²) in [6.07, 6.45) is 2.38. The lowest BCUT2D eigenvalue weighted by Gasteiger charge is -2.63. The molecule has 6 nitrogen and oxygen atoms in total. The molecular formula is C19H27NO5. The van der Waals surface area contributed by atoms with Crippen LogP contribution in [-0.4, -0.2) is 55.8 Å². The summed E-state index contributed by atoms with van der Waals surface area (Å²) in [4.78, 5) is 2.41. The van der Waals surface area contributed by atoms with Gasteiger partial charge in [0.2, 0.25) is 6.79 Å². The second-order valence-electron chi connectivity index (χ2n) is 7.60. The highest BCUT2D eigenvalue weighted by Crippen LogP contribution is 2.58. The van der Waals surface area contributed by atoms with E-state index in [2.05, 4.69) is 11.8 Å². The number of benzene rings is 1. The molecule has 1 aliphatic carbocycles. The molecule has 1 spiro atoms. The van der Waals surface area contributed by atoms with Crippen molar-refractivity contribution < 1.29 is 24.1 Å². The third kappa shape index (κ3) is 2.50. The molecule has 2 fully saturated rings. The van der Waals surface area contributed by atoms with Gasteiger partial charge in [-0.1, -0.05) is 0 Å². The Morgan fingerprint density at radius 1 is 1.20 bits per heavy atom. The number of aliphatic hydroxyl groups is 1. The normalized spacial score (nSPS) is 30.3. The van der Waals surface area contributed by atoms with Gasteiger partial charge in [0.25, 0.3) is 0 Å². The molecule has 0 aromatic heterocycles. The Morgan fingerprint density at radius 3 is 2.48 bits per heavy atom. The van der Waals surface area contributed by atoms with Gasteiger partial charge in [-0.2, -0.15) is 0 Å². The summed E-state index contributed by atoms with van der Waals surface area (Å²) >= 11 is 0. The molecule has 2 aliphatic heterocycles. The van der Waals surface area contributed by atoms with Crippen LogP contribution in [0.1, 0.15) is 31.7 Å². The van der Waals surface area contributed by atoms with Crippen molar-refractivity contribution in [2.24, 2.45) is 5.41 Å². The van der Waals surface area contributed by atoms with Crippen molar-refractivity contribution in [3.63, 3.8) is 0 Å². The lowest BCUT2D eigenvalue weighted by atomic mass is 9.51. The summed E-state index contributed by atoms with van der Waals surface area (Å²) in [6, 6.07) is 3.92. The maximum Gasteiger partial charge on any atom is 0.231 e. The van der Waals surface area contributed by atoms with Crippen molar-refractivity contribution in [2.75, 3.05) is 34.1 Å². The second kappa shape index (κ2) is 6.04. The summed E-state index contributed by atoms with van der Waals surface area (Å²) in [5, 5.41) is 10.4. The molecule has 2 atom stereocenters. The molecule has 1 N–H and O–H groups in total. The molecule has 1 saturated heterocycles. The number of nitrogens with zero attached hydrogens (tertiary/aromatic N) is 1. The van der Waals surface area contributed by atoms with E-state index in [1.807, 2.05) is 12.1 Å². The van der Waals surface area contributed by atoms with Gasteiger partial charge in [0.05, 0.1) is 18.8 Å². The Hall–Kier alpha value is -1.50. The second-order valence-corrected chi connectivity index (χ2v) is 7.60. The fourth-order valence-corrected chi connectivity index (χ4v) is 4.77. The average molecular weight is 349 g/mol. The van der Waals surface area contributed by atoms with Crippen LogP contribution in [0.5, 0.6) is 17.2 Å². The zero-order valence-corrected chi connectivity index (χ0v) is 15.2. The van der Waals surface area contributed by atoms with Gasteiger partial charge in [0.15, 0.2) is 11.5 Å². The summed E-state index contributed by atoms with van der Waals surface area (Å²) < 4.78 is 22.2. The van der Waals surface area contributed by atoms with Crippen LogP contribution in [-0.2, 0) is 11.3 Å². The van der Waals surface area contributed by atoms with Crippen molar-refractivity contribution in [2.45, 2.75) is 44.4 Å². The number of piperidine rings is 1. The van der Waals surface area contributed by atoms with E-state index in [0.717, 1.165) is 61.7 Å². The highest BCUT2D eigenvalue weighted by atomic mass is 16.7. The minimum Gasteiger partial charge on any atom is -0.496 e. The Labute approximate surface area is 148 Å². The first-order valence-corrected chi connectivity index (χ1v) is 8.93. The van der Waals surface area contributed by atoms with Crippen LogP contribution < -0.4 is 14.2 Å². The first kappa shape index (κ1) is 16.9. The zero-order chi connectivity index (χ0) is 17.7. The summed E-state index contributed by atoms with van der Waals surface area (Å²) in [6.45, 7) is 5.08. The predicted octanol–water partition coefficient (Wildman–Crippen LogP) is 2.18. The smallest absolute Gasteiger partial charge is 0.231 e. The van der Waals surface area contributed by atoms with E-state index in [0.29, 0.717) is 0 Å². The molecule has 1 aromatic carbocycles. The Bertz CT molecular complexity index is 655. The standard InChI is InChI=1S/C19H27NO5/c1-18(23-3)10-17(21)19(18)4-6-20(7-5-19)11-13-8-15-16(25-12-24-15)9-14(13)22-2/h8-9,17,21H,4-7,10-12H2,1-3H3/t17-,18+/m1/s1. The van der Waals surface area contributed by atoms with Gasteiger partial charge in [-0.25, -0.2) is 0 Å². The maximum absolute atomic E-state index is 10.4. The number of hydrogen-bond acceptors (Lipinski definition) is 6. The van der Waals surface area contributed by atoms with Crippen molar-refractivity contribution in [3.05, 3.63) is 17.7 Å². The van der Waals surface area contributed by atoms with Crippen molar-refractivity contribution >= 4 is 0 Å². The Morgan fingerprint density at radius 2 is 1.88 bits per heavy atom. The quantitative estimate of drug-likeness (QED) is 0.899. The molecular weight excluding hydrogens is 322 g/mol. The number of hydrogen-bond donors (Lipinski definition) is 1. The van der Waals surface area contributed by atoms with E-state index in [-0.39, 0.29) is 23.9 Å². The Kier molecular flexibility index (Phi) is 4.09. The number of aliphatic hydroxyl groups excluding tert-OH is 1. The van der Waals surface area contributed by atoms with Crippen LogP contribution in [0.2, 0.25) is 0 Å². The maximum atomic E-state index is 10.4. The Balaban J connectivity index is 1.46. The molecule has 4 rings (SSSR count). The van der Waals surface area contributed by atoms with Gasteiger partial charge < -0.3 is 24.1 Å². The van der Waals surface area contributed by atoms with Crippen LogP contribution in [0.3, 0.4) is 0 Å². The monoisotopic (exact) mass is 349 g/mol. The highest BCUT2D eigenvalue weighted by Gasteiger charge is 2.63. The minimum atomic E-state index is -0.250. The molecule has 2 heterocycles. The van der Waals surface area contributed by atoms with E-state index in [1.54, 1.807) is 14.2 Å².